The van der Waals surface area contributed by atoms with Crippen molar-refractivity contribution in [3.8, 4) is 0 Å². The van der Waals surface area contributed by atoms with E-state index >= 15 is 0 Å². The predicted molar refractivity (Wildman–Crippen MR) is 42.0 cm³/mol. The summed E-state index contributed by atoms with van der Waals surface area (Å²) in [4.78, 5) is 3.72. The van der Waals surface area contributed by atoms with Crippen molar-refractivity contribution in [2.24, 2.45) is 4.99 Å². The first-order valence-electron chi connectivity index (χ1n) is 3.44. The van der Waals surface area contributed by atoms with Crippen molar-refractivity contribution in [2.75, 3.05) is 26.3 Å². The highest BCUT2D eigenvalue weighted by atomic mass is 32.2. The maximum absolute atomic E-state index is 11.1. The van der Waals surface area contributed by atoms with E-state index in [2.05, 4.69) is 9.18 Å². The lowest BCUT2D eigenvalue weighted by Crippen LogP contribution is -2.30. The van der Waals surface area contributed by atoms with E-state index in [0.29, 0.717) is 13.1 Å². The average Bonchev–Trinajstić information content (AvgIpc) is 2.53. The summed E-state index contributed by atoms with van der Waals surface area (Å²) in [6, 6.07) is 0. The fourth-order valence-corrected chi connectivity index (χ4v) is 1.65. The van der Waals surface area contributed by atoms with Gasteiger partial charge in [-0.3, -0.25) is 9.18 Å². The van der Waals surface area contributed by atoms with Crippen LogP contribution in [-0.2, 0) is 14.5 Å². The van der Waals surface area contributed by atoms with E-state index in [9.17, 15) is 8.42 Å². The number of aliphatic hydroxyl groups is 1. The molecule has 0 unspecified atom stereocenters. The molecule has 1 heterocycles. The van der Waals surface area contributed by atoms with Gasteiger partial charge in [0.1, 0.15) is 6.34 Å². The third-order valence-electron chi connectivity index (χ3n) is 1.27. The second-order valence-corrected chi connectivity index (χ2v) is 3.70. The molecule has 1 aliphatic heterocycles. The molecule has 1 N–H and O–H groups in total. The lowest BCUT2D eigenvalue weighted by Gasteiger charge is -2.12. The quantitative estimate of drug-likeness (QED) is 0.596. The Hall–Kier alpha value is -0.660. The summed E-state index contributed by atoms with van der Waals surface area (Å²) >= 11 is 0. The van der Waals surface area contributed by atoms with E-state index in [0.717, 1.165) is 4.31 Å². The molecule has 0 bridgehead atoms. The van der Waals surface area contributed by atoms with Gasteiger partial charge in [-0.1, -0.05) is 0 Å². The van der Waals surface area contributed by atoms with Crippen LogP contribution >= 0.6 is 0 Å². The van der Waals surface area contributed by atoms with Crippen molar-refractivity contribution < 1.29 is 17.7 Å². The van der Waals surface area contributed by atoms with Crippen LogP contribution in [0.15, 0.2) is 4.99 Å². The Morgan fingerprint density at radius 3 is 2.92 bits per heavy atom. The lowest BCUT2D eigenvalue weighted by molar-refractivity contribution is 0.198. The van der Waals surface area contributed by atoms with Crippen LogP contribution in [0.2, 0.25) is 0 Å². The summed E-state index contributed by atoms with van der Waals surface area (Å²) < 4.78 is 27.6. The van der Waals surface area contributed by atoms with E-state index in [-0.39, 0.29) is 13.2 Å². The van der Waals surface area contributed by atoms with Gasteiger partial charge in [0.15, 0.2) is 0 Å². The first-order chi connectivity index (χ1) is 5.67. The Labute approximate surface area is 70.7 Å². The van der Waals surface area contributed by atoms with Crippen molar-refractivity contribution in [1.29, 1.82) is 0 Å². The van der Waals surface area contributed by atoms with Crippen molar-refractivity contribution in [2.45, 2.75) is 0 Å². The summed E-state index contributed by atoms with van der Waals surface area (Å²) in [5, 5.41) is 8.33. The van der Waals surface area contributed by atoms with Crippen LogP contribution < -0.4 is 0 Å². The standard InChI is InChI=1S/C5H10N2O4S/c8-3-4-11-12(9,10)7-2-1-6-5-7/h5,8H,1-4H2. The van der Waals surface area contributed by atoms with Crippen LogP contribution in [0.5, 0.6) is 0 Å². The van der Waals surface area contributed by atoms with Crippen molar-refractivity contribution in [3.05, 3.63) is 0 Å². The first-order valence-corrected chi connectivity index (χ1v) is 4.80. The molecule has 0 radical (unpaired) electrons. The van der Waals surface area contributed by atoms with E-state index in [1.165, 1.54) is 6.34 Å². The normalized spacial score (nSPS) is 17.2. The zero-order chi connectivity index (χ0) is 9.03. The highest BCUT2D eigenvalue weighted by Crippen LogP contribution is 2.03. The minimum atomic E-state index is -3.70. The molecule has 0 aromatic carbocycles. The van der Waals surface area contributed by atoms with Gasteiger partial charge in [-0.25, -0.2) is 4.31 Å². The Balaban J connectivity index is 2.53. The molecular weight excluding hydrogens is 184 g/mol. The minimum absolute atomic E-state index is 0.216. The predicted octanol–water partition coefficient (Wildman–Crippen LogP) is -1.42. The zero-order valence-corrected chi connectivity index (χ0v) is 7.20. The highest BCUT2D eigenvalue weighted by molar-refractivity contribution is 7.84. The Morgan fingerprint density at radius 1 is 1.67 bits per heavy atom. The van der Waals surface area contributed by atoms with Crippen LogP contribution in [0.1, 0.15) is 0 Å². The molecule has 70 valence electrons. The Bertz CT molecular complexity index is 261. The maximum atomic E-state index is 11.1. The number of aliphatic hydroxyl groups excluding tert-OH is 1. The third-order valence-corrected chi connectivity index (χ3v) is 2.59. The summed E-state index contributed by atoms with van der Waals surface area (Å²) in [6.07, 6.45) is 1.21. The molecule has 7 heteroatoms. The van der Waals surface area contributed by atoms with E-state index in [1.807, 2.05) is 0 Å². The fourth-order valence-electron chi connectivity index (χ4n) is 0.743. The molecule has 12 heavy (non-hydrogen) atoms. The molecule has 0 aromatic rings. The summed E-state index contributed by atoms with van der Waals surface area (Å²) in [5.41, 5.74) is 0. The monoisotopic (exact) mass is 194 g/mol. The number of hydrogen-bond donors (Lipinski definition) is 1. The van der Waals surface area contributed by atoms with E-state index < -0.39 is 10.3 Å². The molecule has 1 aliphatic rings. The second kappa shape index (κ2) is 3.83. The lowest BCUT2D eigenvalue weighted by atomic mass is 10.7. The van der Waals surface area contributed by atoms with E-state index in [1.54, 1.807) is 0 Å². The molecule has 0 saturated carbocycles. The number of rotatable bonds is 4. The van der Waals surface area contributed by atoms with Crippen LogP contribution in [0, 0.1) is 0 Å². The van der Waals surface area contributed by atoms with Crippen molar-refractivity contribution >= 4 is 16.6 Å². The fraction of sp³-hybridized carbons (Fsp3) is 0.800. The van der Waals surface area contributed by atoms with Crippen molar-refractivity contribution in [1.82, 2.24) is 4.31 Å². The zero-order valence-electron chi connectivity index (χ0n) is 6.38. The van der Waals surface area contributed by atoms with Crippen molar-refractivity contribution in [3.63, 3.8) is 0 Å². The first kappa shape index (κ1) is 9.43. The van der Waals surface area contributed by atoms with Gasteiger partial charge in [-0.15, -0.1) is 0 Å². The SMILES string of the molecule is O=S(=O)(OCCO)N1C=NCC1. The molecule has 0 fully saturated rings. The molecular formula is C5H10N2O4S. The minimum Gasteiger partial charge on any atom is -0.394 e. The molecule has 0 spiro atoms. The number of hydrogen-bond acceptors (Lipinski definition) is 5. The van der Waals surface area contributed by atoms with Gasteiger partial charge in [0, 0.05) is 0 Å². The molecule has 0 aliphatic carbocycles. The molecule has 0 saturated heterocycles. The smallest absolute Gasteiger partial charge is 0.363 e. The van der Waals surface area contributed by atoms with Crippen LogP contribution in [0.4, 0.5) is 0 Å². The largest absolute Gasteiger partial charge is 0.394 e. The van der Waals surface area contributed by atoms with Gasteiger partial charge < -0.3 is 5.11 Å². The van der Waals surface area contributed by atoms with Crippen LogP contribution in [-0.4, -0.2) is 50.5 Å². The Kier molecular flexibility index (Phi) is 3.01. The topological polar surface area (TPSA) is 79.2 Å². The van der Waals surface area contributed by atoms with E-state index in [4.69, 9.17) is 5.11 Å². The number of aliphatic imine (C=N–C) groups is 1. The van der Waals surface area contributed by atoms with Crippen LogP contribution in [0.25, 0.3) is 0 Å². The number of nitrogens with zero attached hydrogens (tertiary/aromatic N) is 2. The molecule has 1 rings (SSSR count). The third kappa shape index (κ3) is 2.16. The summed E-state index contributed by atoms with van der Waals surface area (Å²) in [5.74, 6) is 0. The highest BCUT2D eigenvalue weighted by Gasteiger charge is 2.21. The van der Waals surface area contributed by atoms with Crippen LogP contribution in [0.3, 0.4) is 0 Å². The average molecular weight is 194 g/mol. The van der Waals surface area contributed by atoms with Gasteiger partial charge in [0.25, 0.3) is 0 Å². The Morgan fingerprint density at radius 2 is 2.42 bits per heavy atom. The van der Waals surface area contributed by atoms with Gasteiger partial charge in [0.2, 0.25) is 0 Å². The molecule has 0 aromatic heterocycles. The molecule has 0 amide bonds. The summed E-state index contributed by atoms with van der Waals surface area (Å²) in [6.45, 7) is 0.242. The van der Waals surface area contributed by atoms with Gasteiger partial charge in [-0.05, 0) is 0 Å². The second-order valence-electron chi connectivity index (χ2n) is 2.14. The van der Waals surface area contributed by atoms with Gasteiger partial charge >= 0.3 is 10.3 Å². The van der Waals surface area contributed by atoms with Gasteiger partial charge in [0.05, 0.1) is 26.3 Å². The molecule has 0 atom stereocenters. The molecule has 6 nitrogen and oxygen atoms in total. The summed E-state index contributed by atoms with van der Waals surface area (Å²) in [7, 11) is -3.70. The maximum Gasteiger partial charge on any atom is 0.363 e. The van der Waals surface area contributed by atoms with Gasteiger partial charge in [-0.2, -0.15) is 8.42 Å².